The Kier molecular flexibility index (Phi) is 5.05. The molecule has 0 atom stereocenters. The summed E-state index contributed by atoms with van der Waals surface area (Å²) in [6.45, 7) is 1.87. The van der Waals surface area contributed by atoms with Crippen LogP contribution in [-0.4, -0.2) is 11.8 Å². The molecule has 2 rings (SSSR count). The highest BCUT2D eigenvalue weighted by atomic mass is 35.5. The maximum atomic E-state index is 12.2. The van der Waals surface area contributed by atoms with Gasteiger partial charge in [-0.15, -0.1) is 11.6 Å². The lowest BCUT2D eigenvalue weighted by molar-refractivity contribution is 0.102. The molecule has 0 unspecified atom stereocenters. The average Bonchev–Trinajstić information content (AvgIpc) is 2.41. The first-order valence-electron chi connectivity index (χ1n) is 6.32. The third kappa shape index (κ3) is 3.75. The van der Waals surface area contributed by atoms with Gasteiger partial charge in [-0.3, -0.25) is 4.79 Å². The molecule has 104 valence electrons. The Morgan fingerprint density at radius 1 is 1.15 bits per heavy atom. The number of nitrogens with one attached hydrogen (secondary N) is 1. The fraction of sp³-hybridized carbons (Fsp3) is 0.188. The molecular formula is C16H15Cl2NO. The second kappa shape index (κ2) is 6.78. The van der Waals surface area contributed by atoms with Crippen molar-refractivity contribution >= 4 is 34.8 Å². The van der Waals surface area contributed by atoms with Crippen LogP contribution in [0, 0.1) is 6.92 Å². The maximum absolute atomic E-state index is 12.2. The van der Waals surface area contributed by atoms with Gasteiger partial charge in [0.25, 0.3) is 5.91 Å². The Morgan fingerprint density at radius 3 is 2.45 bits per heavy atom. The second-order valence-corrected chi connectivity index (χ2v) is 5.36. The van der Waals surface area contributed by atoms with Gasteiger partial charge in [-0.05, 0) is 54.8 Å². The number of carbonyl (C=O) groups excluding carboxylic acids is 1. The highest BCUT2D eigenvalue weighted by Gasteiger charge is 2.09. The molecule has 1 amide bonds. The van der Waals surface area contributed by atoms with Crippen molar-refractivity contribution < 1.29 is 4.79 Å². The molecule has 2 aromatic carbocycles. The summed E-state index contributed by atoms with van der Waals surface area (Å²) in [6, 6.07) is 12.9. The van der Waals surface area contributed by atoms with Gasteiger partial charge in [0.2, 0.25) is 0 Å². The number of amides is 1. The lowest BCUT2D eigenvalue weighted by Crippen LogP contribution is -2.13. The number of aryl methyl sites for hydroxylation is 2. The van der Waals surface area contributed by atoms with E-state index < -0.39 is 0 Å². The quantitative estimate of drug-likeness (QED) is 0.816. The summed E-state index contributed by atoms with van der Waals surface area (Å²) < 4.78 is 0. The number of hydrogen-bond donors (Lipinski definition) is 1. The van der Waals surface area contributed by atoms with Crippen LogP contribution in [0.4, 0.5) is 5.69 Å². The molecule has 0 fully saturated rings. The van der Waals surface area contributed by atoms with E-state index in [1.165, 1.54) is 0 Å². The predicted molar refractivity (Wildman–Crippen MR) is 85.0 cm³/mol. The minimum absolute atomic E-state index is 0.135. The summed E-state index contributed by atoms with van der Waals surface area (Å²) in [5, 5.41) is 3.50. The minimum atomic E-state index is -0.135. The van der Waals surface area contributed by atoms with Gasteiger partial charge in [-0.25, -0.2) is 0 Å². The molecule has 0 saturated heterocycles. The van der Waals surface area contributed by atoms with E-state index in [1.807, 2.05) is 31.2 Å². The van der Waals surface area contributed by atoms with Gasteiger partial charge in [0.15, 0.2) is 0 Å². The van der Waals surface area contributed by atoms with Crippen LogP contribution in [0.2, 0.25) is 5.02 Å². The van der Waals surface area contributed by atoms with Crippen LogP contribution in [0.5, 0.6) is 0 Å². The molecule has 2 aromatic rings. The van der Waals surface area contributed by atoms with E-state index in [9.17, 15) is 4.79 Å². The third-order valence-electron chi connectivity index (χ3n) is 3.03. The van der Waals surface area contributed by atoms with E-state index in [4.69, 9.17) is 23.2 Å². The number of anilines is 1. The Labute approximate surface area is 128 Å². The minimum Gasteiger partial charge on any atom is -0.322 e. The fourth-order valence-corrected chi connectivity index (χ4v) is 2.39. The standard InChI is InChI=1S/C16H15Cl2NO/c1-11-10-13(18)4-7-15(11)16(20)19-14-5-2-12(3-6-14)8-9-17/h2-7,10H,8-9H2,1H3,(H,19,20). The first-order valence-corrected chi connectivity index (χ1v) is 7.24. The molecule has 0 aliphatic heterocycles. The van der Waals surface area contributed by atoms with Gasteiger partial charge in [-0.2, -0.15) is 0 Å². The van der Waals surface area contributed by atoms with E-state index in [0.29, 0.717) is 16.5 Å². The molecule has 0 aliphatic carbocycles. The molecule has 4 heteroatoms. The van der Waals surface area contributed by atoms with Crippen LogP contribution in [0.3, 0.4) is 0 Å². The van der Waals surface area contributed by atoms with E-state index in [0.717, 1.165) is 23.2 Å². The van der Waals surface area contributed by atoms with Gasteiger partial charge in [0.05, 0.1) is 0 Å². The summed E-state index contributed by atoms with van der Waals surface area (Å²) in [7, 11) is 0. The molecule has 0 aromatic heterocycles. The van der Waals surface area contributed by atoms with Crippen molar-refractivity contribution in [1.82, 2.24) is 0 Å². The molecule has 0 aliphatic rings. The number of alkyl halides is 1. The Balaban J connectivity index is 2.11. The van der Waals surface area contributed by atoms with Crippen LogP contribution in [0.15, 0.2) is 42.5 Å². The lowest BCUT2D eigenvalue weighted by atomic mass is 10.1. The van der Waals surface area contributed by atoms with Crippen molar-refractivity contribution in [2.24, 2.45) is 0 Å². The summed E-state index contributed by atoms with van der Waals surface area (Å²) in [5.41, 5.74) is 3.40. The first-order chi connectivity index (χ1) is 9.60. The lowest BCUT2D eigenvalue weighted by Gasteiger charge is -2.08. The SMILES string of the molecule is Cc1cc(Cl)ccc1C(=O)Nc1ccc(CCCl)cc1. The molecular weight excluding hydrogens is 293 g/mol. The Morgan fingerprint density at radius 2 is 1.85 bits per heavy atom. The second-order valence-electron chi connectivity index (χ2n) is 4.55. The highest BCUT2D eigenvalue weighted by Crippen LogP contribution is 2.17. The van der Waals surface area contributed by atoms with E-state index >= 15 is 0 Å². The summed E-state index contributed by atoms with van der Waals surface area (Å²) in [4.78, 5) is 12.2. The van der Waals surface area contributed by atoms with Gasteiger partial charge < -0.3 is 5.32 Å². The number of halogens is 2. The van der Waals surface area contributed by atoms with Crippen molar-refractivity contribution in [3.8, 4) is 0 Å². The molecule has 0 spiro atoms. The molecule has 0 radical (unpaired) electrons. The summed E-state index contributed by atoms with van der Waals surface area (Å²) in [6.07, 6.45) is 0.825. The van der Waals surface area contributed by atoms with Crippen molar-refractivity contribution in [3.05, 3.63) is 64.2 Å². The normalized spacial score (nSPS) is 10.3. The maximum Gasteiger partial charge on any atom is 0.255 e. The Bertz CT molecular complexity index is 608. The van der Waals surface area contributed by atoms with Gasteiger partial charge >= 0.3 is 0 Å². The van der Waals surface area contributed by atoms with Crippen molar-refractivity contribution in [2.75, 3.05) is 11.2 Å². The van der Waals surface area contributed by atoms with Crippen LogP contribution < -0.4 is 5.32 Å². The van der Waals surface area contributed by atoms with Gasteiger partial charge in [-0.1, -0.05) is 23.7 Å². The number of carbonyl (C=O) groups is 1. The van der Waals surface area contributed by atoms with Crippen LogP contribution in [0.25, 0.3) is 0 Å². The Hall–Kier alpha value is -1.51. The molecule has 0 bridgehead atoms. The molecule has 0 saturated carbocycles. The largest absolute Gasteiger partial charge is 0.322 e. The molecule has 1 N–H and O–H groups in total. The predicted octanol–water partition coefficient (Wildman–Crippen LogP) is 4.68. The smallest absolute Gasteiger partial charge is 0.255 e. The van der Waals surface area contributed by atoms with Crippen molar-refractivity contribution in [3.63, 3.8) is 0 Å². The van der Waals surface area contributed by atoms with Gasteiger partial charge in [0.1, 0.15) is 0 Å². The van der Waals surface area contributed by atoms with E-state index in [2.05, 4.69) is 5.32 Å². The first kappa shape index (κ1) is 14.9. The number of benzene rings is 2. The summed E-state index contributed by atoms with van der Waals surface area (Å²) >= 11 is 11.6. The topological polar surface area (TPSA) is 29.1 Å². The van der Waals surface area contributed by atoms with Crippen molar-refractivity contribution in [2.45, 2.75) is 13.3 Å². The van der Waals surface area contributed by atoms with Gasteiger partial charge in [0, 0.05) is 22.2 Å². The van der Waals surface area contributed by atoms with Crippen LogP contribution >= 0.6 is 23.2 Å². The molecule has 2 nitrogen and oxygen atoms in total. The zero-order chi connectivity index (χ0) is 14.5. The molecule has 0 heterocycles. The van der Waals surface area contributed by atoms with E-state index in [1.54, 1.807) is 18.2 Å². The van der Waals surface area contributed by atoms with Crippen LogP contribution in [-0.2, 0) is 6.42 Å². The van der Waals surface area contributed by atoms with Crippen LogP contribution in [0.1, 0.15) is 21.5 Å². The average molecular weight is 308 g/mol. The fourth-order valence-electron chi connectivity index (χ4n) is 1.94. The highest BCUT2D eigenvalue weighted by molar-refractivity contribution is 6.30. The zero-order valence-electron chi connectivity index (χ0n) is 11.1. The zero-order valence-corrected chi connectivity index (χ0v) is 12.6. The van der Waals surface area contributed by atoms with E-state index in [-0.39, 0.29) is 5.91 Å². The monoisotopic (exact) mass is 307 g/mol. The number of hydrogen-bond acceptors (Lipinski definition) is 1. The summed E-state index contributed by atoms with van der Waals surface area (Å²) in [5.74, 6) is 0.458. The van der Waals surface area contributed by atoms with Crippen molar-refractivity contribution in [1.29, 1.82) is 0 Å². The third-order valence-corrected chi connectivity index (χ3v) is 3.45. The molecule has 20 heavy (non-hydrogen) atoms. The number of rotatable bonds is 4.